The first kappa shape index (κ1) is 12.4. The standard InChI is InChI=1S/C12H19BrO3/c1-4-15-10(14)9-11(2,3)8-5-6-12(9,7-13)16-8/h8-9H,4-7H2,1-3H3/t8-,9-,12-/m0/s1. The van der Waals surface area contributed by atoms with Crippen LogP contribution in [-0.2, 0) is 14.3 Å². The number of fused-ring (bicyclic) bond motifs is 2. The van der Waals surface area contributed by atoms with Crippen molar-refractivity contribution in [1.82, 2.24) is 0 Å². The molecule has 0 radical (unpaired) electrons. The van der Waals surface area contributed by atoms with Crippen LogP contribution >= 0.6 is 15.9 Å². The summed E-state index contributed by atoms with van der Waals surface area (Å²) < 4.78 is 11.3. The van der Waals surface area contributed by atoms with E-state index in [1.807, 2.05) is 6.92 Å². The Morgan fingerprint density at radius 2 is 2.25 bits per heavy atom. The van der Waals surface area contributed by atoms with E-state index in [0.29, 0.717) is 11.9 Å². The molecule has 0 aromatic heterocycles. The van der Waals surface area contributed by atoms with Crippen LogP contribution < -0.4 is 0 Å². The molecule has 2 heterocycles. The van der Waals surface area contributed by atoms with Gasteiger partial charge in [-0.25, -0.2) is 0 Å². The summed E-state index contributed by atoms with van der Waals surface area (Å²) in [5.41, 5.74) is -0.446. The van der Waals surface area contributed by atoms with Crippen LogP contribution in [0.15, 0.2) is 0 Å². The Kier molecular flexibility index (Phi) is 3.08. The van der Waals surface area contributed by atoms with E-state index in [2.05, 4.69) is 29.8 Å². The smallest absolute Gasteiger partial charge is 0.312 e. The summed E-state index contributed by atoms with van der Waals surface area (Å²) in [6.07, 6.45) is 2.20. The molecule has 2 rings (SSSR count). The van der Waals surface area contributed by atoms with E-state index in [-0.39, 0.29) is 29.0 Å². The Bertz CT molecular complexity index is 303. The highest BCUT2D eigenvalue weighted by molar-refractivity contribution is 9.09. The molecule has 0 aromatic carbocycles. The molecule has 2 saturated heterocycles. The van der Waals surface area contributed by atoms with Gasteiger partial charge < -0.3 is 9.47 Å². The van der Waals surface area contributed by atoms with Crippen molar-refractivity contribution in [2.75, 3.05) is 11.9 Å². The third-order valence-electron chi connectivity index (χ3n) is 4.06. The molecule has 4 heteroatoms. The van der Waals surface area contributed by atoms with E-state index in [1.165, 1.54) is 0 Å². The van der Waals surface area contributed by atoms with Gasteiger partial charge in [0.25, 0.3) is 0 Å². The van der Waals surface area contributed by atoms with Gasteiger partial charge in [-0.05, 0) is 19.8 Å². The molecule has 3 nitrogen and oxygen atoms in total. The Hall–Kier alpha value is -0.0900. The lowest BCUT2D eigenvalue weighted by molar-refractivity contribution is -0.156. The molecular weight excluding hydrogens is 272 g/mol. The Labute approximate surface area is 105 Å². The minimum absolute atomic E-state index is 0.103. The summed E-state index contributed by atoms with van der Waals surface area (Å²) in [5.74, 6) is -0.243. The first-order valence-corrected chi connectivity index (χ1v) is 7.00. The van der Waals surface area contributed by atoms with Crippen LogP contribution in [-0.4, -0.2) is 29.6 Å². The molecule has 2 bridgehead atoms. The molecular formula is C12H19BrO3. The maximum Gasteiger partial charge on any atom is 0.312 e. The highest BCUT2D eigenvalue weighted by Gasteiger charge is 2.66. The Morgan fingerprint density at radius 3 is 2.81 bits per heavy atom. The van der Waals surface area contributed by atoms with Gasteiger partial charge in [0.1, 0.15) is 0 Å². The topological polar surface area (TPSA) is 35.5 Å². The van der Waals surface area contributed by atoms with Crippen LogP contribution in [0.2, 0.25) is 0 Å². The third kappa shape index (κ3) is 1.53. The summed E-state index contributed by atoms with van der Waals surface area (Å²) in [6.45, 7) is 6.51. The number of ether oxygens (including phenoxy) is 2. The first-order chi connectivity index (χ1) is 7.48. The number of rotatable bonds is 3. The van der Waals surface area contributed by atoms with Crippen molar-refractivity contribution in [2.24, 2.45) is 11.3 Å². The maximum absolute atomic E-state index is 12.1. The molecule has 16 heavy (non-hydrogen) atoms. The normalized spacial score (nSPS) is 40.0. The van der Waals surface area contributed by atoms with Crippen molar-refractivity contribution in [2.45, 2.75) is 45.3 Å². The molecule has 0 unspecified atom stereocenters. The molecule has 3 atom stereocenters. The number of hydrogen-bond acceptors (Lipinski definition) is 3. The Balaban J connectivity index is 2.29. The predicted octanol–water partition coefficient (Wildman–Crippen LogP) is 2.52. The number of carbonyl (C=O) groups is 1. The van der Waals surface area contributed by atoms with Gasteiger partial charge in [-0.3, -0.25) is 4.79 Å². The molecule has 92 valence electrons. The van der Waals surface area contributed by atoms with Crippen LogP contribution in [0.3, 0.4) is 0 Å². The predicted molar refractivity (Wildman–Crippen MR) is 64.5 cm³/mol. The number of esters is 1. The molecule has 0 N–H and O–H groups in total. The monoisotopic (exact) mass is 290 g/mol. The van der Waals surface area contributed by atoms with E-state index < -0.39 is 0 Å². The molecule has 0 amide bonds. The first-order valence-electron chi connectivity index (χ1n) is 5.88. The molecule has 0 aromatic rings. The molecule has 2 aliphatic rings. The van der Waals surface area contributed by atoms with E-state index in [0.717, 1.165) is 12.8 Å². The van der Waals surface area contributed by atoms with Gasteiger partial charge in [0, 0.05) is 10.7 Å². The SMILES string of the molecule is CCOC(=O)[C@H]1C(C)(C)[C@@H]2CC[C@@]1(CBr)O2. The summed E-state index contributed by atoms with van der Waals surface area (Å²) in [5, 5.41) is 0.712. The summed E-state index contributed by atoms with van der Waals surface area (Å²) in [7, 11) is 0. The second kappa shape index (κ2) is 3.98. The lowest BCUT2D eigenvalue weighted by Gasteiger charge is -2.38. The number of halogens is 1. The van der Waals surface area contributed by atoms with E-state index in [4.69, 9.17) is 9.47 Å². The lowest BCUT2D eigenvalue weighted by atomic mass is 9.64. The van der Waals surface area contributed by atoms with Gasteiger partial charge in [-0.15, -0.1) is 0 Å². The fraction of sp³-hybridized carbons (Fsp3) is 0.917. The van der Waals surface area contributed by atoms with Crippen molar-refractivity contribution in [3.8, 4) is 0 Å². The zero-order valence-electron chi connectivity index (χ0n) is 10.1. The zero-order valence-corrected chi connectivity index (χ0v) is 11.7. The molecule has 2 fully saturated rings. The van der Waals surface area contributed by atoms with Gasteiger partial charge in [0.2, 0.25) is 0 Å². The van der Waals surface area contributed by atoms with Gasteiger partial charge in [-0.1, -0.05) is 29.8 Å². The fourth-order valence-electron chi connectivity index (χ4n) is 3.30. The minimum Gasteiger partial charge on any atom is -0.466 e. The number of alkyl halides is 1. The van der Waals surface area contributed by atoms with Crippen LogP contribution in [0.5, 0.6) is 0 Å². The second-order valence-electron chi connectivity index (χ2n) is 5.35. The van der Waals surface area contributed by atoms with E-state index >= 15 is 0 Å². The van der Waals surface area contributed by atoms with E-state index in [9.17, 15) is 4.79 Å². The summed E-state index contributed by atoms with van der Waals surface area (Å²) >= 11 is 3.50. The average molecular weight is 291 g/mol. The highest BCUT2D eigenvalue weighted by atomic mass is 79.9. The summed E-state index contributed by atoms with van der Waals surface area (Å²) in [4.78, 5) is 12.1. The summed E-state index contributed by atoms with van der Waals surface area (Å²) in [6, 6.07) is 0. The number of hydrogen-bond donors (Lipinski definition) is 0. The van der Waals surface area contributed by atoms with Crippen molar-refractivity contribution >= 4 is 21.9 Å². The maximum atomic E-state index is 12.1. The van der Waals surface area contributed by atoms with Gasteiger partial charge >= 0.3 is 5.97 Å². The molecule has 0 spiro atoms. The zero-order chi connectivity index (χ0) is 12.0. The van der Waals surface area contributed by atoms with E-state index in [1.54, 1.807) is 0 Å². The molecule has 0 aliphatic carbocycles. The van der Waals surface area contributed by atoms with Crippen LogP contribution in [0.1, 0.15) is 33.6 Å². The fourth-order valence-corrected chi connectivity index (χ4v) is 4.03. The van der Waals surface area contributed by atoms with Gasteiger partial charge in [0.15, 0.2) is 0 Å². The minimum atomic E-state index is -0.333. The van der Waals surface area contributed by atoms with Crippen molar-refractivity contribution in [3.63, 3.8) is 0 Å². The Morgan fingerprint density at radius 1 is 1.56 bits per heavy atom. The second-order valence-corrected chi connectivity index (χ2v) is 5.91. The lowest BCUT2D eigenvalue weighted by Crippen LogP contribution is -2.48. The number of carbonyl (C=O) groups excluding carboxylic acids is 1. The largest absolute Gasteiger partial charge is 0.466 e. The molecule has 0 saturated carbocycles. The van der Waals surface area contributed by atoms with Crippen molar-refractivity contribution in [3.05, 3.63) is 0 Å². The molecule has 2 aliphatic heterocycles. The van der Waals surface area contributed by atoms with Crippen molar-refractivity contribution in [1.29, 1.82) is 0 Å². The van der Waals surface area contributed by atoms with Crippen LogP contribution in [0.4, 0.5) is 0 Å². The van der Waals surface area contributed by atoms with Crippen LogP contribution in [0.25, 0.3) is 0 Å². The van der Waals surface area contributed by atoms with Crippen LogP contribution in [0, 0.1) is 11.3 Å². The van der Waals surface area contributed by atoms with Gasteiger partial charge in [-0.2, -0.15) is 0 Å². The highest BCUT2D eigenvalue weighted by Crippen LogP contribution is 2.58. The quantitative estimate of drug-likeness (QED) is 0.592. The van der Waals surface area contributed by atoms with Gasteiger partial charge in [0.05, 0.1) is 24.2 Å². The average Bonchev–Trinajstić information content (AvgIpc) is 2.72. The van der Waals surface area contributed by atoms with Crippen molar-refractivity contribution < 1.29 is 14.3 Å². The third-order valence-corrected chi connectivity index (χ3v) is 5.00.